The molecule has 1 spiro atoms. The molecular weight excluding hydrogens is 414 g/mol. The summed E-state index contributed by atoms with van der Waals surface area (Å²) < 4.78 is -0.593. The number of thioether (sulfide) groups is 1. The zero-order valence-corrected chi connectivity index (χ0v) is 18.7. The summed E-state index contributed by atoms with van der Waals surface area (Å²) in [4.78, 5) is 41.4. The lowest BCUT2D eigenvalue weighted by Gasteiger charge is -2.34. The maximum absolute atomic E-state index is 13.5. The Balaban J connectivity index is 1.58. The number of para-hydroxylation sites is 1. The highest BCUT2D eigenvalue weighted by atomic mass is 32.2. The number of aliphatic hydroxyl groups excluding tert-OH is 1. The van der Waals surface area contributed by atoms with Gasteiger partial charge in [0.05, 0.1) is 23.2 Å². The number of fused-ring (bicyclic) bond motifs is 1. The van der Waals surface area contributed by atoms with E-state index in [-0.39, 0.29) is 36.1 Å². The fourth-order valence-corrected chi connectivity index (χ4v) is 7.75. The second-order valence-electron chi connectivity index (χ2n) is 8.66. The minimum absolute atomic E-state index is 0.0318. The minimum Gasteiger partial charge on any atom is -0.395 e. The van der Waals surface area contributed by atoms with Crippen molar-refractivity contribution in [1.82, 2.24) is 10.2 Å². The van der Waals surface area contributed by atoms with Crippen molar-refractivity contribution in [1.29, 1.82) is 0 Å². The molecule has 1 aromatic carbocycles. The molecule has 0 aliphatic carbocycles. The molecule has 0 aromatic heterocycles. The summed E-state index contributed by atoms with van der Waals surface area (Å²) in [5.41, 5.74) is 0.706. The van der Waals surface area contributed by atoms with Crippen molar-refractivity contribution in [2.24, 2.45) is 11.8 Å². The van der Waals surface area contributed by atoms with E-state index in [0.717, 1.165) is 32.1 Å². The Labute approximate surface area is 187 Å². The van der Waals surface area contributed by atoms with E-state index < -0.39 is 22.6 Å². The highest BCUT2D eigenvalue weighted by Crippen LogP contribution is 2.66. The van der Waals surface area contributed by atoms with Crippen LogP contribution in [0.25, 0.3) is 0 Å². The van der Waals surface area contributed by atoms with Crippen molar-refractivity contribution in [2.45, 2.75) is 55.1 Å². The number of nitrogens with zero attached hydrogens (tertiary/aromatic N) is 1. The first-order valence-corrected chi connectivity index (χ1v) is 12.1. The number of unbranched alkanes of at least 4 members (excludes halogenated alkanes) is 2. The van der Waals surface area contributed by atoms with E-state index in [4.69, 9.17) is 0 Å². The molecule has 3 N–H and O–H groups in total. The topological polar surface area (TPSA) is 98.7 Å². The standard InChI is InChI=1S/C23H31N3O4S/c1-2-3-7-12-24-21(29)19-23-11-10-16(31-23)17(18(23)22(30)26(19)13-14-27)20(28)25-15-8-5-4-6-9-15/h4-6,8-9,16-19,27H,2-3,7,10-14H2,1H3,(H,24,29)(H,25,28)/t16-,17+,18+,19?,23?/m1/s1. The van der Waals surface area contributed by atoms with Crippen LogP contribution in [0.1, 0.15) is 39.0 Å². The Morgan fingerprint density at radius 2 is 2.00 bits per heavy atom. The summed E-state index contributed by atoms with van der Waals surface area (Å²) in [6.45, 7) is 2.60. The van der Waals surface area contributed by atoms with Gasteiger partial charge in [-0.25, -0.2) is 0 Å². The third kappa shape index (κ3) is 3.84. The monoisotopic (exact) mass is 445 g/mol. The molecule has 2 bridgehead atoms. The van der Waals surface area contributed by atoms with Crippen molar-refractivity contribution in [3.63, 3.8) is 0 Å². The first-order valence-electron chi connectivity index (χ1n) is 11.3. The van der Waals surface area contributed by atoms with Crippen molar-refractivity contribution in [3.8, 4) is 0 Å². The number of nitrogens with one attached hydrogen (secondary N) is 2. The predicted molar refractivity (Wildman–Crippen MR) is 121 cm³/mol. The third-order valence-corrected chi connectivity index (χ3v) is 8.76. The van der Waals surface area contributed by atoms with Gasteiger partial charge in [0.2, 0.25) is 17.7 Å². The van der Waals surface area contributed by atoms with Crippen LogP contribution in [0, 0.1) is 11.8 Å². The molecule has 4 rings (SSSR count). The van der Waals surface area contributed by atoms with E-state index in [1.807, 2.05) is 30.3 Å². The van der Waals surface area contributed by atoms with E-state index in [2.05, 4.69) is 17.6 Å². The Morgan fingerprint density at radius 1 is 1.23 bits per heavy atom. The molecule has 3 aliphatic heterocycles. The summed E-state index contributed by atoms with van der Waals surface area (Å²) in [6, 6.07) is 8.62. The quantitative estimate of drug-likeness (QED) is 0.505. The lowest BCUT2D eigenvalue weighted by molar-refractivity contribution is -0.139. The van der Waals surface area contributed by atoms with E-state index in [1.165, 1.54) is 4.90 Å². The average molecular weight is 446 g/mol. The van der Waals surface area contributed by atoms with Crippen LogP contribution < -0.4 is 10.6 Å². The zero-order valence-electron chi connectivity index (χ0n) is 17.9. The first kappa shape index (κ1) is 22.1. The number of hydrogen-bond acceptors (Lipinski definition) is 5. The number of aliphatic hydroxyl groups is 1. The molecule has 3 aliphatic rings. The van der Waals surface area contributed by atoms with Crippen molar-refractivity contribution < 1.29 is 19.5 Å². The summed E-state index contributed by atoms with van der Waals surface area (Å²) in [5, 5.41) is 15.6. The van der Waals surface area contributed by atoms with E-state index in [0.29, 0.717) is 12.2 Å². The van der Waals surface area contributed by atoms with Crippen LogP contribution in [-0.2, 0) is 14.4 Å². The van der Waals surface area contributed by atoms with Gasteiger partial charge >= 0.3 is 0 Å². The highest BCUT2D eigenvalue weighted by molar-refractivity contribution is 8.02. The largest absolute Gasteiger partial charge is 0.395 e. The molecule has 3 saturated heterocycles. The van der Waals surface area contributed by atoms with Crippen molar-refractivity contribution in [2.75, 3.05) is 25.0 Å². The van der Waals surface area contributed by atoms with Gasteiger partial charge in [-0.05, 0) is 31.4 Å². The van der Waals surface area contributed by atoms with Crippen LogP contribution in [0.4, 0.5) is 5.69 Å². The smallest absolute Gasteiger partial charge is 0.244 e. The maximum atomic E-state index is 13.5. The number of anilines is 1. The van der Waals surface area contributed by atoms with Crippen LogP contribution in [0.3, 0.4) is 0 Å². The van der Waals surface area contributed by atoms with E-state index in [1.54, 1.807) is 11.8 Å². The third-order valence-electron chi connectivity index (χ3n) is 6.81. The van der Waals surface area contributed by atoms with Gasteiger partial charge in [-0.3, -0.25) is 14.4 Å². The van der Waals surface area contributed by atoms with Gasteiger partial charge in [-0.2, -0.15) is 0 Å². The maximum Gasteiger partial charge on any atom is 0.244 e. The summed E-state index contributed by atoms with van der Waals surface area (Å²) >= 11 is 1.64. The Bertz CT molecular complexity index is 835. The van der Waals surface area contributed by atoms with E-state index >= 15 is 0 Å². The number of hydrogen-bond donors (Lipinski definition) is 3. The highest BCUT2D eigenvalue weighted by Gasteiger charge is 2.73. The van der Waals surface area contributed by atoms with Crippen molar-refractivity contribution in [3.05, 3.63) is 30.3 Å². The summed E-state index contributed by atoms with van der Waals surface area (Å²) in [6.07, 6.45) is 4.56. The molecular formula is C23H31N3O4S. The predicted octanol–water partition coefficient (Wildman–Crippen LogP) is 2.02. The van der Waals surface area contributed by atoms with Gasteiger partial charge in [-0.1, -0.05) is 38.0 Å². The molecule has 0 saturated carbocycles. The zero-order chi connectivity index (χ0) is 22.0. The van der Waals surface area contributed by atoms with Crippen LogP contribution in [0.5, 0.6) is 0 Å². The molecule has 2 unspecified atom stereocenters. The van der Waals surface area contributed by atoms with Gasteiger partial charge in [0.15, 0.2) is 0 Å². The molecule has 0 radical (unpaired) electrons. The minimum atomic E-state index is -0.636. The Hall–Kier alpha value is -2.06. The molecule has 1 aromatic rings. The molecule has 5 atom stereocenters. The second-order valence-corrected chi connectivity index (χ2v) is 10.3. The first-order chi connectivity index (χ1) is 15.0. The molecule has 8 heteroatoms. The molecule has 3 amide bonds. The van der Waals surface area contributed by atoms with Gasteiger partial charge in [0, 0.05) is 24.0 Å². The number of amides is 3. The molecule has 31 heavy (non-hydrogen) atoms. The summed E-state index contributed by atoms with van der Waals surface area (Å²) in [5.74, 6) is -1.48. The molecule has 7 nitrogen and oxygen atoms in total. The molecule has 3 fully saturated rings. The van der Waals surface area contributed by atoms with Gasteiger partial charge in [0.25, 0.3) is 0 Å². The Morgan fingerprint density at radius 3 is 2.71 bits per heavy atom. The number of rotatable bonds is 9. The van der Waals surface area contributed by atoms with Gasteiger partial charge in [-0.15, -0.1) is 11.8 Å². The lowest BCUT2D eigenvalue weighted by atomic mass is 9.70. The van der Waals surface area contributed by atoms with E-state index in [9.17, 15) is 19.5 Å². The van der Waals surface area contributed by atoms with Crippen LogP contribution in [0.15, 0.2) is 30.3 Å². The lowest BCUT2D eigenvalue weighted by Crippen LogP contribution is -2.54. The normalized spacial score (nSPS) is 31.0. The number of carbonyl (C=O) groups excluding carboxylic acids is 3. The number of β-amino-alcohol motifs (C(OH)–C–C–N with tert-alkyl or cyclic N) is 1. The fourth-order valence-electron chi connectivity index (χ4n) is 5.53. The summed E-state index contributed by atoms with van der Waals surface area (Å²) in [7, 11) is 0. The van der Waals surface area contributed by atoms with Crippen LogP contribution in [-0.4, -0.2) is 63.5 Å². The SMILES string of the molecule is CCCCCNC(=O)C1N(CCO)C(=O)[C@@H]2[C@@H](C(=O)Nc3ccccc3)[C@H]3CCC12S3. The van der Waals surface area contributed by atoms with Crippen molar-refractivity contribution >= 4 is 35.2 Å². The fraction of sp³-hybridized carbons (Fsp3) is 0.609. The molecule has 3 heterocycles. The van der Waals surface area contributed by atoms with Gasteiger partial charge < -0.3 is 20.6 Å². The molecule has 168 valence electrons. The second kappa shape index (κ2) is 9.20. The average Bonchev–Trinajstić information content (AvgIpc) is 3.40. The van der Waals surface area contributed by atoms with Crippen LogP contribution in [0.2, 0.25) is 0 Å². The number of benzene rings is 1. The van der Waals surface area contributed by atoms with Crippen LogP contribution >= 0.6 is 11.8 Å². The number of likely N-dealkylation sites (tertiary alicyclic amines) is 1. The Kier molecular flexibility index (Phi) is 6.57. The number of carbonyl (C=O) groups is 3. The van der Waals surface area contributed by atoms with Gasteiger partial charge in [0.1, 0.15) is 6.04 Å².